The Morgan fingerprint density at radius 3 is 2.71 bits per heavy atom. The van der Waals surface area contributed by atoms with E-state index in [-0.39, 0.29) is 6.10 Å². The van der Waals surface area contributed by atoms with Crippen molar-refractivity contribution in [2.45, 2.75) is 38.0 Å². The highest BCUT2D eigenvalue weighted by atomic mass is 35.5. The van der Waals surface area contributed by atoms with Gasteiger partial charge < -0.3 is 10.1 Å². The molecule has 2 unspecified atom stereocenters. The summed E-state index contributed by atoms with van der Waals surface area (Å²) < 4.78 is 5.93. The highest BCUT2D eigenvalue weighted by Gasteiger charge is 2.31. The van der Waals surface area contributed by atoms with Gasteiger partial charge in [-0.2, -0.15) is 0 Å². The number of nitrogens with one attached hydrogen (secondary N) is 1. The van der Waals surface area contributed by atoms with E-state index in [0.29, 0.717) is 23.1 Å². The minimum Gasteiger partial charge on any atom is -0.474 e. The molecule has 1 N–H and O–H groups in total. The SMILES string of the molecule is Cc1c(Cl)ncnc1OC1CC2C=CC(C1)N2. The number of fused-ring (bicyclic) bond motifs is 2. The highest BCUT2D eigenvalue weighted by molar-refractivity contribution is 6.30. The standard InChI is InChI=1S/C12H14ClN3O/c1-7-11(13)14-6-15-12(7)17-10-4-8-2-3-9(5-10)16-8/h2-3,6,8-10,16H,4-5H2,1H3. The molecule has 2 bridgehead atoms. The summed E-state index contributed by atoms with van der Waals surface area (Å²) in [6, 6.07) is 0.882. The molecule has 5 heteroatoms. The molecule has 2 atom stereocenters. The molecule has 0 aromatic carbocycles. The molecule has 0 aliphatic carbocycles. The molecule has 0 spiro atoms. The van der Waals surface area contributed by atoms with Crippen LogP contribution in [0.5, 0.6) is 5.88 Å². The fraction of sp³-hybridized carbons (Fsp3) is 0.500. The lowest BCUT2D eigenvalue weighted by molar-refractivity contribution is 0.135. The van der Waals surface area contributed by atoms with Gasteiger partial charge >= 0.3 is 0 Å². The van der Waals surface area contributed by atoms with E-state index < -0.39 is 0 Å². The van der Waals surface area contributed by atoms with Crippen molar-refractivity contribution in [2.24, 2.45) is 0 Å². The number of hydrogen-bond acceptors (Lipinski definition) is 4. The summed E-state index contributed by atoms with van der Waals surface area (Å²) in [7, 11) is 0. The number of halogens is 1. The lowest BCUT2D eigenvalue weighted by atomic mass is 10.0. The maximum Gasteiger partial charge on any atom is 0.221 e. The van der Waals surface area contributed by atoms with Crippen molar-refractivity contribution >= 4 is 11.6 Å². The fourth-order valence-electron chi connectivity index (χ4n) is 2.40. The lowest BCUT2D eigenvalue weighted by Crippen LogP contribution is -2.43. The van der Waals surface area contributed by atoms with Crippen molar-refractivity contribution in [3.05, 3.63) is 29.2 Å². The zero-order valence-electron chi connectivity index (χ0n) is 9.56. The van der Waals surface area contributed by atoms with Gasteiger partial charge in [-0.25, -0.2) is 9.97 Å². The third kappa shape index (κ3) is 2.15. The average molecular weight is 252 g/mol. The zero-order valence-corrected chi connectivity index (χ0v) is 10.3. The molecule has 4 nitrogen and oxygen atoms in total. The van der Waals surface area contributed by atoms with Gasteiger partial charge in [0.15, 0.2) is 0 Å². The van der Waals surface area contributed by atoms with E-state index in [2.05, 4.69) is 27.4 Å². The van der Waals surface area contributed by atoms with E-state index >= 15 is 0 Å². The molecular weight excluding hydrogens is 238 g/mol. The maximum atomic E-state index is 5.95. The van der Waals surface area contributed by atoms with Crippen molar-refractivity contribution in [2.75, 3.05) is 0 Å². The second kappa shape index (κ2) is 4.27. The molecule has 17 heavy (non-hydrogen) atoms. The Hall–Kier alpha value is -1.13. The second-order valence-electron chi connectivity index (χ2n) is 4.57. The molecule has 0 saturated carbocycles. The van der Waals surface area contributed by atoms with Gasteiger partial charge in [0.2, 0.25) is 5.88 Å². The first-order valence-electron chi connectivity index (χ1n) is 5.80. The molecule has 1 aromatic heterocycles. The molecule has 1 aromatic rings. The molecule has 0 radical (unpaired) electrons. The first kappa shape index (κ1) is 11.0. The van der Waals surface area contributed by atoms with Crippen LogP contribution in [0.1, 0.15) is 18.4 Å². The summed E-state index contributed by atoms with van der Waals surface area (Å²) in [6.45, 7) is 1.88. The van der Waals surface area contributed by atoms with Gasteiger partial charge in [0.25, 0.3) is 0 Å². The molecule has 3 heterocycles. The van der Waals surface area contributed by atoms with E-state index in [4.69, 9.17) is 16.3 Å². The Morgan fingerprint density at radius 1 is 1.29 bits per heavy atom. The van der Waals surface area contributed by atoms with Crippen molar-refractivity contribution in [1.82, 2.24) is 15.3 Å². The quantitative estimate of drug-likeness (QED) is 0.644. The van der Waals surface area contributed by atoms with E-state index in [0.717, 1.165) is 18.4 Å². The number of rotatable bonds is 2. The van der Waals surface area contributed by atoms with Gasteiger partial charge in [-0.1, -0.05) is 23.8 Å². The molecule has 1 saturated heterocycles. The summed E-state index contributed by atoms with van der Waals surface area (Å²) in [6.07, 6.45) is 8.04. The van der Waals surface area contributed by atoms with Crippen molar-refractivity contribution in [1.29, 1.82) is 0 Å². The van der Waals surface area contributed by atoms with Crippen molar-refractivity contribution in [3.8, 4) is 5.88 Å². The number of piperidine rings is 1. The normalized spacial score (nSPS) is 30.6. The maximum absolute atomic E-state index is 5.95. The third-order valence-electron chi connectivity index (χ3n) is 3.29. The van der Waals surface area contributed by atoms with E-state index in [1.165, 1.54) is 6.33 Å². The molecule has 3 rings (SSSR count). The fourth-order valence-corrected chi connectivity index (χ4v) is 2.52. The zero-order chi connectivity index (χ0) is 11.8. The molecule has 0 amide bonds. The second-order valence-corrected chi connectivity index (χ2v) is 4.93. The van der Waals surface area contributed by atoms with E-state index in [9.17, 15) is 0 Å². The number of hydrogen-bond donors (Lipinski definition) is 1. The smallest absolute Gasteiger partial charge is 0.221 e. The minimum absolute atomic E-state index is 0.200. The van der Waals surface area contributed by atoms with Crippen LogP contribution in [-0.2, 0) is 0 Å². The van der Waals surface area contributed by atoms with Crippen LogP contribution in [0.25, 0.3) is 0 Å². The monoisotopic (exact) mass is 251 g/mol. The summed E-state index contributed by atoms with van der Waals surface area (Å²) in [4.78, 5) is 8.07. The Morgan fingerprint density at radius 2 is 2.00 bits per heavy atom. The van der Waals surface area contributed by atoms with Gasteiger partial charge in [-0.15, -0.1) is 0 Å². The summed E-state index contributed by atoms with van der Waals surface area (Å²) in [5, 5.41) is 3.95. The number of ether oxygens (including phenoxy) is 1. The first-order chi connectivity index (χ1) is 8.22. The molecule has 2 aliphatic heterocycles. The average Bonchev–Trinajstić information content (AvgIpc) is 2.65. The van der Waals surface area contributed by atoms with Gasteiger partial charge in [-0.05, 0) is 6.92 Å². The predicted octanol–water partition coefficient (Wildman–Crippen LogP) is 1.88. The lowest BCUT2D eigenvalue weighted by Gasteiger charge is -2.29. The van der Waals surface area contributed by atoms with Crippen molar-refractivity contribution in [3.63, 3.8) is 0 Å². The van der Waals surface area contributed by atoms with Crippen LogP contribution in [0.4, 0.5) is 0 Å². The summed E-state index contributed by atoms with van der Waals surface area (Å²) in [5.41, 5.74) is 0.813. The Balaban J connectivity index is 1.73. The largest absolute Gasteiger partial charge is 0.474 e. The van der Waals surface area contributed by atoms with Gasteiger partial charge in [0, 0.05) is 30.5 Å². The van der Waals surface area contributed by atoms with Crippen LogP contribution in [-0.4, -0.2) is 28.2 Å². The Labute approximate surface area is 105 Å². The van der Waals surface area contributed by atoms with E-state index in [1.807, 2.05) is 6.92 Å². The Bertz CT molecular complexity index is 449. The molecule has 90 valence electrons. The molecule has 2 aliphatic rings. The molecular formula is C12H14ClN3O. The first-order valence-corrected chi connectivity index (χ1v) is 6.18. The number of aromatic nitrogens is 2. The van der Waals surface area contributed by atoms with Gasteiger partial charge in [-0.3, -0.25) is 0 Å². The minimum atomic E-state index is 0.200. The van der Waals surface area contributed by atoms with E-state index in [1.54, 1.807) is 0 Å². The summed E-state index contributed by atoms with van der Waals surface area (Å²) in [5.74, 6) is 0.608. The van der Waals surface area contributed by atoms with Crippen LogP contribution in [0.3, 0.4) is 0 Å². The summed E-state index contributed by atoms with van der Waals surface area (Å²) >= 11 is 5.95. The van der Waals surface area contributed by atoms with Crippen LogP contribution >= 0.6 is 11.6 Å². The molecule has 1 fully saturated rings. The van der Waals surface area contributed by atoms with Crippen molar-refractivity contribution < 1.29 is 4.74 Å². The number of nitrogens with zero attached hydrogens (tertiary/aromatic N) is 2. The van der Waals surface area contributed by atoms with Crippen LogP contribution < -0.4 is 10.1 Å². The third-order valence-corrected chi connectivity index (χ3v) is 3.67. The predicted molar refractivity (Wildman–Crippen MR) is 65.3 cm³/mol. The van der Waals surface area contributed by atoms with Gasteiger partial charge in [0.1, 0.15) is 17.6 Å². The van der Waals surface area contributed by atoms with Crippen LogP contribution in [0.15, 0.2) is 18.5 Å². The van der Waals surface area contributed by atoms with Crippen LogP contribution in [0, 0.1) is 6.92 Å². The Kier molecular flexibility index (Phi) is 2.76. The highest BCUT2D eigenvalue weighted by Crippen LogP contribution is 2.27. The van der Waals surface area contributed by atoms with Crippen LogP contribution in [0.2, 0.25) is 5.15 Å². The topological polar surface area (TPSA) is 47.0 Å². The van der Waals surface area contributed by atoms with Gasteiger partial charge in [0.05, 0.1) is 0 Å².